The number of rotatable bonds is 5. The van der Waals surface area contributed by atoms with E-state index in [4.69, 9.17) is 0 Å². The number of amides is 1. The van der Waals surface area contributed by atoms with E-state index >= 15 is 0 Å². The number of nitro benzene ring substituents is 1. The van der Waals surface area contributed by atoms with Crippen molar-refractivity contribution in [1.82, 2.24) is 15.8 Å². The van der Waals surface area contributed by atoms with Crippen molar-refractivity contribution < 1.29 is 14.8 Å². The summed E-state index contributed by atoms with van der Waals surface area (Å²) in [6.07, 6.45) is 8.81. The molecule has 4 aliphatic rings. The molecule has 0 bridgehead atoms. The maximum Gasteiger partial charge on any atom is 0.310 e. The third kappa shape index (κ3) is 3.61. The van der Waals surface area contributed by atoms with Gasteiger partial charge in [-0.1, -0.05) is 6.92 Å². The molecule has 2 saturated carbocycles. The molecule has 2 aromatic rings. The number of hydrogen-bond acceptors (Lipinski definition) is 8. The average Bonchev–Trinajstić information content (AvgIpc) is 3.53. The lowest BCUT2D eigenvalue weighted by Gasteiger charge is -2.51. The molecule has 1 aliphatic heterocycles. The summed E-state index contributed by atoms with van der Waals surface area (Å²) in [5, 5.41) is 25.3. The summed E-state index contributed by atoms with van der Waals surface area (Å²) in [4.78, 5) is 29.2. The molecular weight excluding hydrogens is 478 g/mol. The number of aryl methyl sites for hydroxylation is 2. The number of nitrogens with one attached hydrogen (secondary N) is 3. The molecule has 1 amide bonds. The van der Waals surface area contributed by atoms with Gasteiger partial charge in [-0.2, -0.15) is 0 Å². The number of phenols is 1. The summed E-state index contributed by atoms with van der Waals surface area (Å²) in [5.74, 6) is 0.983. The van der Waals surface area contributed by atoms with Crippen molar-refractivity contribution in [3.63, 3.8) is 0 Å². The van der Waals surface area contributed by atoms with E-state index in [1.165, 1.54) is 16.9 Å². The van der Waals surface area contributed by atoms with Gasteiger partial charge in [0.15, 0.2) is 10.9 Å². The zero-order chi connectivity index (χ0) is 25.2. The highest BCUT2D eigenvalue weighted by Gasteiger charge is 2.61. The first kappa shape index (κ1) is 23.4. The Hall–Kier alpha value is -2.98. The van der Waals surface area contributed by atoms with Gasteiger partial charge < -0.3 is 15.8 Å². The minimum Gasteiger partial charge on any atom is -0.502 e. The van der Waals surface area contributed by atoms with Crippen LogP contribution in [0.25, 0.3) is 0 Å². The van der Waals surface area contributed by atoms with Crippen molar-refractivity contribution in [2.75, 3.05) is 5.32 Å². The number of carbonyl (C=O) groups excluding carboxylic acids is 1. The minimum absolute atomic E-state index is 0.0125. The number of thiazole rings is 1. The van der Waals surface area contributed by atoms with E-state index in [1.54, 1.807) is 18.3 Å². The molecule has 6 atom stereocenters. The first-order chi connectivity index (χ1) is 17.3. The molecule has 0 saturated heterocycles. The Kier molecular flexibility index (Phi) is 5.56. The molecule has 36 heavy (non-hydrogen) atoms. The monoisotopic (exact) mass is 509 g/mol. The van der Waals surface area contributed by atoms with Gasteiger partial charge in [0.2, 0.25) is 5.91 Å². The molecule has 6 rings (SSSR count). The number of carbonyl (C=O) groups is 1. The second kappa shape index (κ2) is 8.55. The normalized spacial score (nSPS) is 31.9. The summed E-state index contributed by atoms with van der Waals surface area (Å²) in [5.41, 5.74) is 9.99. The maximum atomic E-state index is 12.8. The van der Waals surface area contributed by atoms with E-state index in [0.29, 0.717) is 23.4 Å². The van der Waals surface area contributed by atoms with Crippen LogP contribution in [-0.4, -0.2) is 27.0 Å². The van der Waals surface area contributed by atoms with Crippen molar-refractivity contribution >= 4 is 28.1 Å². The fourth-order valence-corrected chi connectivity index (χ4v) is 8.47. The number of aromatic nitrogens is 1. The lowest BCUT2D eigenvalue weighted by Crippen LogP contribution is -2.50. The number of hydrazine groups is 1. The first-order valence-corrected chi connectivity index (χ1v) is 13.5. The van der Waals surface area contributed by atoms with E-state index in [2.05, 4.69) is 34.3 Å². The van der Waals surface area contributed by atoms with Gasteiger partial charge in [-0.25, -0.2) is 10.4 Å². The van der Waals surface area contributed by atoms with Crippen LogP contribution in [0.3, 0.4) is 0 Å². The van der Waals surface area contributed by atoms with Gasteiger partial charge in [0.25, 0.3) is 0 Å². The minimum atomic E-state index is -0.488. The summed E-state index contributed by atoms with van der Waals surface area (Å²) < 4.78 is 0. The van der Waals surface area contributed by atoms with E-state index < -0.39 is 4.92 Å². The van der Waals surface area contributed by atoms with Crippen LogP contribution in [0.1, 0.15) is 60.9 Å². The van der Waals surface area contributed by atoms with Crippen LogP contribution in [0, 0.1) is 40.2 Å². The van der Waals surface area contributed by atoms with Gasteiger partial charge in [0, 0.05) is 29.8 Å². The second-order valence-corrected chi connectivity index (χ2v) is 12.2. The smallest absolute Gasteiger partial charge is 0.310 e. The standard InChI is InChI=1S/C26H31N5O4S/c1-13-11-27-25(36-13)29-22(33)6-5-17-19-12-28-30-24(19)26(2)8-7-15-16(23(17)26)4-3-14-9-21(32)20(31(34)35)10-18(14)15/h9-12,15-17,23-24,28,30,32H,3-8H2,1-2H3,(H,27,29,33). The molecule has 0 radical (unpaired) electrons. The fourth-order valence-electron chi connectivity index (χ4n) is 7.79. The summed E-state index contributed by atoms with van der Waals surface area (Å²) >= 11 is 1.48. The maximum absolute atomic E-state index is 12.8. The van der Waals surface area contributed by atoms with Crippen LogP contribution in [0.2, 0.25) is 0 Å². The molecule has 2 heterocycles. The second-order valence-electron chi connectivity index (χ2n) is 11.0. The SMILES string of the molecule is Cc1cnc(NC(=O)CCC2C3=CNNC3C3(C)CCC4c5cc([N+](=O)[O-])c(O)cc5CCC4C23)s1. The predicted molar refractivity (Wildman–Crippen MR) is 136 cm³/mol. The van der Waals surface area contributed by atoms with Crippen LogP contribution in [0.4, 0.5) is 10.8 Å². The van der Waals surface area contributed by atoms with Gasteiger partial charge >= 0.3 is 5.69 Å². The zero-order valence-corrected chi connectivity index (χ0v) is 21.2. The lowest BCUT2D eigenvalue weighted by molar-refractivity contribution is -0.386. The number of benzene rings is 1. The van der Waals surface area contributed by atoms with Gasteiger partial charge in [0.05, 0.1) is 11.0 Å². The molecule has 10 heteroatoms. The van der Waals surface area contributed by atoms with E-state index in [0.717, 1.165) is 48.1 Å². The highest BCUT2D eigenvalue weighted by Crippen LogP contribution is 2.65. The average molecular weight is 510 g/mol. The largest absolute Gasteiger partial charge is 0.502 e. The molecule has 2 fully saturated rings. The van der Waals surface area contributed by atoms with Crippen LogP contribution in [0.5, 0.6) is 5.75 Å². The number of aromatic hydroxyl groups is 1. The number of fused-ring (bicyclic) bond motifs is 7. The highest BCUT2D eigenvalue weighted by molar-refractivity contribution is 7.15. The third-order valence-corrected chi connectivity index (χ3v) is 10.0. The number of anilines is 1. The number of nitro groups is 1. The summed E-state index contributed by atoms with van der Waals surface area (Å²) in [7, 11) is 0. The Morgan fingerprint density at radius 1 is 1.39 bits per heavy atom. The molecule has 9 nitrogen and oxygen atoms in total. The van der Waals surface area contributed by atoms with Gasteiger partial charge in [0.1, 0.15) is 0 Å². The van der Waals surface area contributed by atoms with Gasteiger partial charge in [-0.15, -0.1) is 11.3 Å². The molecule has 1 aromatic carbocycles. The molecule has 6 unspecified atom stereocenters. The molecule has 4 N–H and O–H groups in total. The Morgan fingerprint density at radius 2 is 2.22 bits per heavy atom. The summed E-state index contributed by atoms with van der Waals surface area (Å²) in [6, 6.07) is 3.46. The highest BCUT2D eigenvalue weighted by atomic mass is 32.1. The van der Waals surface area contributed by atoms with Crippen molar-refractivity contribution in [2.45, 2.75) is 64.3 Å². The van der Waals surface area contributed by atoms with Crippen LogP contribution < -0.4 is 16.2 Å². The lowest BCUT2D eigenvalue weighted by atomic mass is 9.53. The molecule has 1 aromatic heterocycles. The van der Waals surface area contributed by atoms with Crippen molar-refractivity contribution in [3.8, 4) is 5.75 Å². The number of phenolic OH excluding ortho intramolecular Hbond substituents is 1. The third-order valence-electron chi connectivity index (χ3n) is 9.18. The van der Waals surface area contributed by atoms with E-state index in [9.17, 15) is 20.0 Å². The number of hydrogen-bond donors (Lipinski definition) is 4. The predicted octanol–water partition coefficient (Wildman–Crippen LogP) is 4.54. The Morgan fingerprint density at radius 3 is 2.97 bits per heavy atom. The van der Waals surface area contributed by atoms with Crippen LogP contribution in [-0.2, 0) is 11.2 Å². The first-order valence-electron chi connectivity index (χ1n) is 12.7. The molecular formula is C26H31N5O4S. The van der Waals surface area contributed by atoms with Gasteiger partial charge in [-0.05, 0) is 90.9 Å². The quantitative estimate of drug-likeness (QED) is 0.344. The molecule has 3 aliphatic carbocycles. The van der Waals surface area contributed by atoms with E-state index in [-0.39, 0.29) is 40.6 Å². The van der Waals surface area contributed by atoms with Gasteiger partial charge in [-0.3, -0.25) is 14.9 Å². The fraction of sp³-hybridized carbons (Fsp3) is 0.538. The number of nitrogens with zero attached hydrogens (tertiary/aromatic N) is 2. The van der Waals surface area contributed by atoms with Crippen molar-refractivity contribution in [3.05, 3.63) is 56.2 Å². The van der Waals surface area contributed by atoms with Crippen LogP contribution >= 0.6 is 11.3 Å². The Balaban J connectivity index is 1.29. The van der Waals surface area contributed by atoms with E-state index in [1.807, 2.05) is 6.92 Å². The topological polar surface area (TPSA) is 129 Å². The van der Waals surface area contributed by atoms with Crippen molar-refractivity contribution in [1.29, 1.82) is 0 Å². The molecule has 0 spiro atoms. The molecule has 190 valence electrons. The Bertz CT molecular complexity index is 1280. The Labute approximate surface area is 213 Å². The van der Waals surface area contributed by atoms with Crippen molar-refractivity contribution in [2.24, 2.45) is 23.2 Å². The zero-order valence-electron chi connectivity index (χ0n) is 20.4. The summed E-state index contributed by atoms with van der Waals surface area (Å²) in [6.45, 7) is 4.34. The van der Waals surface area contributed by atoms with Crippen LogP contribution in [0.15, 0.2) is 30.1 Å².